The zero-order valence-electron chi connectivity index (χ0n) is 6.33. The number of hydrogen-bond acceptors (Lipinski definition) is 1. The van der Waals surface area contributed by atoms with Gasteiger partial charge in [-0.2, -0.15) is 0 Å². The van der Waals surface area contributed by atoms with Crippen LogP contribution in [0.3, 0.4) is 0 Å². The van der Waals surface area contributed by atoms with Crippen molar-refractivity contribution in [3.8, 4) is 0 Å². The van der Waals surface area contributed by atoms with E-state index in [0.717, 1.165) is 5.57 Å². The van der Waals surface area contributed by atoms with Crippen molar-refractivity contribution in [2.75, 3.05) is 0 Å². The SMILES string of the molecule is C=C1C=C/C=C/C=C\C=C/1N. The maximum absolute atomic E-state index is 5.65. The van der Waals surface area contributed by atoms with Gasteiger partial charge in [0.1, 0.15) is 0 Å². The van der Waals surface area contributed by atoms with Crippen molar-refractivity contribution in [3.63, 3.8) is 0 Å². The molecule has 0 bridgehead atoms. The summed E-state index contributed by atoms with van der Waals surface area (Å²) in [6.07, 6.45) is 13.3. The van der Waals surface area contributed by atoms with Gasteiger partial charge in [-0.1, -0.05) is 43.0 Å². The molecule has 0 unspecified atom stereocenters. The molecule has 0 aromatic rings. The molecule has 11 heavy (non-hydrogen) atoms. The summed E-state index contributed by atoms with van der Waals surface area (Å²) in [6, 6.07) is 0. The van der Waals surface area contributed by atoms with Crippen LogP contribution in [0.1, 0.15) is 0 Å². The van der Waals surface area contributed by atoms with Gasteiger partial charge in [-0.3, -0.25) is 0 Å². The van der Waals surface area contributed by atoms with Crippen LogP contribution in [0, 0.1) is 0 Å². The number of hydrogen-bond donors (Lipinski definition) is 1. The molecular weight excluding hydrogens is 134 g/mol. The second kappa shape index (κ2) is 3.62. The number of rotatable bonds is 0. The van der Waals surface area contributed by atoms with Gasteiger partial charge < -0.3 is 5.73 Å². The van der Waals surface area contributed by atoms with Crippen LogP contribution in [0.2, 0.25) is 0 Å². The van der Waals surface area contributed by atoms with E-state index in [-0.39, 0.29) is 0 Å². The highest BCUT2D eigenvalue weighted by Gasteiger charge is 1.89. The van der Waals surface area contributed by atoms with E-state index in [1.54, 1.807) is 0 Å². The van der Waals surface area contributed by atoms with Gasteiger partial charge in [0.05, 0.1) is 0 Å². The molecule has 0 radical (unpaired) electrons. The Kier molecular flexibility index (Phi) is 2.50. The first-order valence-corrected chi connectivity index (χ1v) is 3.47. The molecule has 0 aromatic heterocycles. The van der Waals surface area contributed by atoms with Gasteiger partial charge in [0, 0.05) is 5.70 Å². The monoisotopic (exact) mass is 145 g/mol. The topological polar surface area (TPSA) is 26.0 Å². The molecule has 0 saturated carbocycles. The van der Waals surface area contributed by atoms with E-state index < -0.39 is 0 Å². The summed E-state index contributed by atoms with van der Waals surface area (Å²) in [5.74, 6) is 0. The summed E-state index contributed by atoms with van der Waals surface area (Å²) >= 11 is 0. The molecule has 0 aliphatic heterocycles. The minimum Gasteiger partial charge on any atom is -0.398 e. The lowest BCUT2D eigenvalue weighted by atomic mass is 10.2. The van der Waals surface area contributed by atoms with Crippen molar-refractivity contribution in [2.45, 2.75) is 0 Å². The number of nitrogens with two attached hydrogens (primary N) is 1. The predicted octanol–water partition coefficient (Wildman–Crippen LogP) is 2.07. The molecule has 0 heterocycles. The van der Waals surface area contributed by atoms with Crippen LogP contribution in [-0.2, 0) is 0 Å². The third-order valence-corrected chi connectivity index (χ3v) is 1.39. The first-order chi connectivity index (χ1) is 5.30. The van der Waals surface area contributed by atoms with Crippen LogP contribution in [0.15, 0.2) is 60.4 Å². The molecule has 1 nitrogen and oxygen atoms in total. The van der Waals surface area contributed by atoms with Crippen LogP contribution in [0.5, 0.6) is 0 Å². The van der Waals surface area contributed by atoms with Crippen molar-refractivity contribution in [3.05, 3.63) is 60.4 Å². The van der Waals surface area contributed by atoms with Gasteiger partial charge >= 0.3 is 0 Å². The lowest BCUT2D eigenvalue weighted by Crippen LogP contribution is -1.96. The van der Waals surface area contributed by atoms with Crippen molar-refractivity contribution in [1.82, 2.24) is 0 Å². The first kappa shape index (κ1) is 7.61. The second-order valence-corrected chi connectivity index (χ2v) is 2.28. The molecule has 1 heteroatoms. The molecule has 2 N–H and O–H groups in total. The lowest BCUT2D eigenvalue weighted by molar-refractivity contribution is 1.37. The molecule has 0 atom stereocenters. The average Bonchev–Trinajstić information content (AvgIpc) is 2.07. The van der Waals surface area contributed by atoms with E-state index in [2.05, 4.69) is 6.58 Å². The fraction of sp³-hybridized carbons (Fsp3) is 0. The minimum atomic E-state index is 0.709. The third kappa shape index (κ3) is 2.30. The lowest BCUT2D eigenvalue weighted by Gasteiger charge is -1.96. The van der Waals surface area contributed by atoms with Crippen molar-refractivity contribution in [1.29, 1.82) is 0 Å². The molecular formula is C10H11N. The van der Waals surface area contributed by atoms with Gasteiger partial charge in [0.25, 0.3) is 0 Å². The summed E-state index contributed by atoms with van der Waals surface area (Å²) in [6.45, 7) is 3.79. The molecule has 1 aliphatic carbocycles. The summed E-state index contributed by atoms with van der Waals surface area (Å²) < 4.78 is 0. The van der Waals surface area contributed by atoms with Gasteiger partial charge in [0.15, 0.2) is 0 Å². The average molecular weight is 145 g/mol. The Balaban J connectivity index is 2.92. The smallest absolute Gasteiger partial charge is 0.0381 e. The predicted molar refractivity (Wildman–Crippen MR) is 48.8 cm³/mol. The maximum atomic E-state index is 5.65. The van der Waals surface area contributed by atoms with Crippen LogP contribution >= 0.6 is 0 Å². The van der Waals surface area contributed by atoms with E-state index in [9.17, 15) is 0 Å². The van der Waals surface area contributed by atoms with E-state index in [1.165, 1.54) is 0 Å². The van der Waals surface area contributed by atoms with Crippen LogP contribution in [0.25, 0.3) is 0 Å². The van der Waals surface area contributed by atoms with E-state index >= 15 is 0 Å². The fourth-order valence-corrected chi connectivity index (χ4v) is 0.727. The highest BCUT2D eigenvalue weighted by molar-refractivity contribution is 5.39. The first-order valence-electron chi connectivity index (χ1n) is 3.47. The highest BCUT2D eigenvalue weighted by Crippen LogP contribution is 2.04. The molecule has 1 rings (SSSR count). The van der Waals surface area contributed by atoms with E-state index in [4.69, 9.17) is 5.73 Å². The number of allylic oxidation sites excluding steroid dienone is 7. The third-order valence-electron chi connectivity index (χ3n) is 1.39. The Labute approximate surface area is 66.9 Å². The quantitative estimate of drug-likeness (QED) is 0.554. The molecule has 1 aliphatic rings. The van der Waals surface area contributed by atoms with E-state index in [0.29, 0.717) is 5.70 Å². The standard InChI is InChI=1S/C10H11N/c1-9-7-5-3-2-4-6-8-10(9)11/h2-8H,1,11H2/b3-2+,6-4-,7-5?,10-8+. The van der Waals surface area contributed by atoms with Crippen LogP contribution in [0.4, 0.5) is 0 Å². The normalized spacial score (nSPS) is 27.6. The zero-order chi connectivity index (χ0) is 8.10. The Morgan fingerprint density at radius 1 is 1.00 bits per heavy atom. The molecule has 0 fully saturated rings. The summed E-state index contributed by atoms with van der Waals surface area (Å²) in [5, 5.41) is 0. The Hall–Kier alpha value is -1.50. The van der Waals surface area contributed by atoms with Gasteiger partial charge in [0.2, 0.25) is 0 Å². The Morgan fingerprint density at radius 2 is 1.64 bits per heavy atom. The molecule has 0 saturated heterocycles. The Morgan fingerprint density at radius 3 is 2.45 bits per heavy atom. The summed E-state index contributed by atoms with van der Waals surface area (Å²) in [4.78, 5) is 0. The van der Waals surface area contributed by atoms with Crippen LogP contribution in [-0.4, -0.2) is 0 Å². The van der Waals surface area contributed by atoms with Gasteiger partial charge in [-0.15, -0.1) is 0 Å². The second-order valence-electron chi connectivity index (χ2n) is 2.28. The molecule has 0 aromatic carbocycles. The van der Waals surface area contributed by atoms with Gasteiger partial charge in [-0.25, -0.2) is 0 Å². The van der Waals surface area contributed by atoms with Gasteiger partial charge in [-0.05, 0) is 11.6 Å². The van der Waals surface area contributed by atoms with Crippen LogP contribution < -0.4 is 5.73 Å². The minimum absolute atomic E-state index is 0.709. The molecule has 0 spiro atoms. The van der Waals surface area contributed by atoms with Crippen molar-refractivity contribution >= 4 is 0 Å². The fourth-order valence-electron chi connectivity index (χ4n) is 0.727. The molecule has 0 amide bonds. The van der Waals surface area contributed by atoms with Crippen molar-refractivity contribution in [2.24, 2.45) is 5.73 Å². The van der Waals surface area contributed by atoms with E-state index in [1.807, 2.05) is 42.5 Å². The Bertz CT molecular complexity index is 265. The largest absolute Gasteiger partial charge is 0.398 e. The molecule has 56 valence electrons. The zero-order valence-corrected chi connectivity index (χ0v) is 6.33. The summed E-state index contributed by atoms with van der Waals surface area (Å²) in [7, 11) is 0. The summed E-state index contributed by atoms with van der Waals surface area (Å²) in [5.41, 5.74) is 7.21. The highest BCUT2D eigenvalue weighted by atomic mass is 14.6. The van der Waals surface area contributed by atoms with Crippen molar-refractivity contribution < 1.29 is 0 Å². The maximum Gasteiger partial charge on any atom is 0.0381 e.